The zero-order chi connectivity index (χ0) is 24.3. The lowest BCUT2D eigenvalue weighted by Gasteiger charge is -2.35. The zero-order valence-corrected chi connectivity index (χ0v) is 21.1. The average molecular weight is 458 g/mol. The molecule has 0 unspecified atom stereocenters. The van der Waals surface area contributed by atoms with Crippen LogP contribution < -0.4 is 0 Å². The number of rotatable bonds is 12. The summed E-state index contributed by atoms with van der Waals surface area (Å²) in [7, 11) is 4.11. The second kappa shape index (κ2) is 13.1. The molecule has 3 rings (SSSR count). The second-order valence-electron chi connectivity index (χ2n) is 8.92. The third-order valence-corrected chi connectivity index (χ3v) is 6.69. The van der Waals surface area contributed by atoms with E-state index in [1.54, 1.807) is 0 Å². The molecule has 0 saturated carbocycles. The van der Waals surface area contributed by atoms with E-state index in [1.807, 2.05) is 54.4 Å². The minimum absolute atomic E-state index is 0.0367. The van der Waals surface area contributed by atoms with E-state index in [9.17, 15) is 4.79 Å². The van der Waals surface area contributed by atoms with Crippen LogP contribution in [0.1, 0.15) is 42.5 Å². The van der Waals surface area contributed by atoms with Gasteiger partial charge in [-0.15, -0.1) is 0 Å². The zero-order valence-electron chi connectivity index (χ0n) is 21.1. The summed E-state index contributed by atoms with van der Waals surface area (Å²) < 4.78 is 0. The van der Waals surface area contributed by atoms with Gasteiger partial charge in [0, 0.05) is 26.7 Å². The first-order valence-electron chi connectivity index (χ1n) is 12.4. The molecule has 4 heteroatoms. The third-order valence-electron chi connectivity index (χ3n) is 6.69. The molecule has 0 bridgehead atoms. The van der Waals surface area contributed by atoms with Crippen LogP contribution in [0.4, 0.5) is 0 Å². The molecule has 3 aromatic carbocycles. The molecule has 0 aliphatic heterocycles. The molecule has 0 heterocycles. The smallest absolute Gasteiger partial charge is 0.234 e. The Balaban J connectivity index is 1.88. The number of hydrogen-bond donors (Lipinski definition) is 0. The van der Waals surface area contributed by atoms with Gasteiger partial charge in [-0.1, -0.05) is 105 Å². The Bertz CT molecular complexity index is 934. The van der Waals surface area contributed by atoms with Crippen molar-refractivity contribution >= 4 is 5.91 Å². The van der Waals surface area contributed by atoms with Gasteiger partial charge >= 0.3 is 0 Å². The maximum absolute atomic E-state index is 14.1. The van der Waals surface area contributed by atoms with Crippen LogP contribution in [0.5, 0.6) is 0 Å². The highest BCUT2D eigenvalue weighted by Crippen LogP contribution is 2.30. The first-order chi connectivity index (χ1) is 16.5. The van der Waals surface area contributed by atoms with Gasteiger partial charge in [-0.25, -0.2) is 0 Å². The lowest BCUT2D eigenvalue weighted by molar-refractivity contribution is -0.133. The molecule has 0 aliphatic carbocycles. The molecule has 0 aromatic heterocycles. The molecule has 0 spiro atoms. The predicted molar refractivity (Wildman–Crippen MR) is 142 cm³/mol. The minimum Gasteiger partial charge on any atom is -0.337 e. The van der Waals surface area contributed by atoms with Gasteiger partial charge in [-0.3, -0.25) is 4.79 Å². The molecule has 3 aromatic rings. The van der Waals surface area contributed by atoms with Gasteiger partial charge in [0.2, 0.25) is 5.91 Å². The molecule has 1 amide bonds. The van der Waals surface area contributed by atoms with E-state index in [0.717, 1.165) is 49.4 Å². The van der Waals surface area contributed by atoms with Gasteiger partial charge < -0.3 is 14.7 Å². The van der Waals surface area contributed by atoms with E-state index in [1.165, 1.54) is 0 Å². The number of hydrogen-bond acceptors (Lipinski definition) is 3. The number of carbonyl (C=O) groups excluding carboxylic acids is 1. The molecule has 34 heavy (non-hydrogen) atoms. The van der Waals surface area contributed by atoms with Crippen LogP contribution in [-0.4, -0.2) is 67.4 Å². The third kappa shape index (κ3) is 6.78. The Hall–Kier alpha value is -2.95. The summed E-state index contributed by atoms with van der Waals surface area (Å²) in [4.78, 5) is 20.8. The lowest BCUT2D eigenvalue weighted by Crippen LogP contribution is -2.42. The molecule has 4 nitrogen and oxygen atoms in total. The van der Waals surface area contributed by atoms with Crippen molar-refractivity contribution in [3.63, 3.8) is 0 Å². The molecule has 180 valence electrons. The fourth-order valence-electron chi connectivity index (χ4n) is 4.49. The van der Waals surface area contributed by atoms with Crippen molar-refractivity contribution in [1.29, 1.82) is 0 Å². The van der Waals surface area contributed by atoms with Gasteiger partial charge in [-0.05, 0) is 36.8 Å². The van der Waals surface area contributed by atoms with Crippen molar-refractivity contribution in [2.45, 2.75) is 25.8 Å². The Morgan fingerprint density at radius 1 is 0.676 bits per heavy atom. The van der Waals surface area contributed by atoms with E-state index < -0.39 is 0 Å². The molecule has 0 aliphatic rings. The number of nitrogens with zero attached hydrogens (tertiary/aromatic N) is 3. The summed E-state index contributed by atoms with van der Waals surface area (Å²) in [6.07, 6.45) is 0. The molecule has 0 saturated heterocycles. The van der Waals surface area contributed by atoms with Crippen LogP contribution in [-0.2, 0) is 4.79 Å². The maximum atomic E-state index is 14.1. The summed E-state index contributed by atoms with van der Waals surface area (Å²) in [5.41, 5.74) is 3.20. The van der Waals surface area contributed by atoms with E-state index in [-0.39, 0.29) is 17.9 Å². The Labute approximate surface area is 205 Å². The summed E-state index contributed by atoms with van der Waals surface area (Å²) in [6.45, 7) is 9.30. The first-order valence-corrected chi connectivity index (χ1v) is 12.4. The van der Waals surface area contributed by atoms with Crippen molar-refractivity contribution in [3.8, 4) is 0 Å². The highest BCUT2D eigenvalue weighted by Gasteiger charge is 2.30. The van der Waals surface area contributed by atoms with Crippen LogP contribution >= 0.6 is 0 Å². The van der Waals surface area contributed by atoms with Crippen molar-refractivity contribution in [2.24, 2.45) is 0 Å². The van der Waals surface area contributed by atoms with Gasteiger partial charge in [0.25, 0.3) is 0 Å². The van der Waals surface area contributed by atoms with Crippen molar-refractivity contribution in [3.05, 3.63) is 108 Å². The van der Waals surface area contributed by atoms with Gasteiger partial charge in [0.1, 0.15) is 0 Å². The fourth-order valence-corrected chi connectivity index (χ4v) is 4.49. The number of benzene rings is 3. The van der Waals surface area contributed by atoms with Crippen LogP contribution in [0.3, 0.4) is 0 Å². The number of amides is 1. The SMILES string of the molecule is CCN(CC)CCN(C)C[C@@H](c1ccccc1)N(C)C(=O)C(c1ccccc1)c1ccccc1. The summed E-state index contributed by atoms with van der Waals surface area (Å²) in [6, 6.07) is 30.6. The predicted octanol–water partition coefficient (Wildman–Crippen LogP) is 5.29. The largest absolute Gasteiger partial charge is 0.337 e. The van der Waals surface area contributed by atoms with Gasteiger partial charge in [0.15, 0.2) is 0 Å². The van der Waals surface area contributed by atoms with Gasteiger partial charge in [-0.2, -0.15) is 0 Å². The maximum Gasteiger partial charge on any atom is 0.234 e. The molecule has 1 atom stereocenters. The Morgan fingerprint density at radius 2 is 1.12 bits per heavy atom. The highest BCUT2D eigenvalue weighted by molar-refractivity contribution is 5.87. The molecular formula is C30H39N3O. The van der Waals surface area contributed by atoms with Crippen molar-refractivity contribution in [1.82, 2.24) is 14.7 Å². The first kappa shape index (κ1) is 25.7. The summed E-state index contributed by atoms with van der Waals surface area (Å²) in [5.74, 6) is -0.219. The molecular weight excluding hydrogens is 418 g/mol. The van der Waals surface area contributed by atoms with Crippen LogP contribution in [0.15, 0.2) is 91.0 Å². The highest BCUT2D eigenvalue weighted by atomic mass is 16.2. The molecule has 0 N–H and O–H groups in total. The fraction of sp³-hybridized carbons (Fsp3) is 0.367. The Kier molecular flexibility index (Phi) is 9.87. The summed E-state index contributed by atoms with van der Waals surface area (Å²) >= 11 is 0. The average Bonchev–Trinajstić information content (AvgIpc) is 2.89. The van der Waals surface area contributed by atoms with Crippen molar-refractivity contribution in [2.75, 3.05) is 46.8 Å². The lowest BCUT2D eigenvalue weighted by atomic mass is 9.89. The van der Waals surface area contributed by atoms with Crippen LogP contribution in [0.25, 0.3) is 0 Å². The van der Waals surface area contributed by atoms with E-state index in [4.69, 9.17) is 0 Å². The van der Waals surface area contributed by atoms with Gasteiger partial charge in [0.05, 0.1) is 12.0 Å². The topological polar surface area (TPSA) is 26.8 Å². The second-order valence-corrected chi connectivity index (χ2v) is 8.92. The normalized spacial score (nSPS) is 12.3. The van der Waals surface area contributed by atoms with Crippen LogP contribution in [0, 0.1) is 0 Å². The number of carbonyl (C=O) groups is 1. The monoisotopic (exact) mass is 457 g/mol. The van der Waals surface area contributed by atoms with Crippen molar-refractivity contribution < 1.29 is 4.79 Å². The van der Waals surface area contributed by atoms with E-state index >= 15 is 0 Å². The standard InChI is InChI=1S/C30H39N3O/c1-5-33(6-2)23-22-31(3)24-28(25-16-10-7-11-17-25)32(4)30(34)29(26-18-12-8-13-19-26)27-20-14-9-15-21-27/h7-21,28-29H,5-6,22-24H2,1-4H3/t28-/m0/s1. The molecule has 0 radical (unpaired) electrons. The quantitative estimate of drug-likeness (QED) is 0.370. The van der Waals surface area contributed by atoms with E-state index in [2.05, 4.69) is 79.2 Å². The minimum atomic E-state index is -0.334. The van der Waals surface area contributed by atoms with E-state index in [0.29, 0.717) is 0 Å². The molecule has 0 fully saturated rings. The van der Waals surface area contributed by atoms with Crippen LogP contribution in [0.2, 0.25) is 0 Å². The summed E-state index contributed by atoms with van der Waals surface area (Å²) in [5, 5.41) is 0. The Morgan fingerprint density at radius 3 is 1.56 bits per heavy atom. The number of likely N-dealkylation sites (N-methyl/N-ethyl adjacent to an activating group) is 3.